The second-order valence-electron chi connectivity index (χ2n) is 5.51. The SMILES string of the molecule is NC(=O)NCCCCC(=O)NC1(c2ccc(Cl)c(Cl)c2)CC1. The van der Waals surface area contributed by atoms with Crippen LogP contribution in [-0.2, 0) is 10.3 Å². The van der Waals surface area contributed by atoms with Crippen molar-refractivity contribution < 1.29 is 9.59 Å². The molecule has 0 aromatic heterocycles. The highest BCUT2D eigenvalue weighted by molar-refractivity contribution is 6.42. The predicted octanol–water partition coefficient (Wildman–Crippen LogP) is 2.94. The van der Waals surface area contributed by atoms with E-state index >= 15 is 0 Å². The van der Waals surface area contributed by atoms with Crippen LogP contribution in [0.15, 0.2) is 18.2 Å². The fourth-order valence-corrected chi connectivity index (χ4v) is 2.65. The molecule has 7 heteroatoms. The van der Waals surface area contributed by atoms with Crippen molar-refractivity contribution >= 4 is 35.1 Å². The monoisotopic (exact) mass is 343 g/mol. The number of unbranched alkanes of at least 4 members (excludes halogenated alkanes) is 1. The number of primary amides is 1. The molecule has 4 N–H and O–H groups in total. The zero-order valence-corrected chi connectivity index (χ0v) is 13.6. The molecule has 22 heavy (non-hydrogen) atoms. The fraction of sp³-hybridized carbons (Fsp3) is 0.467. The van der Waals surface area contributed by atoms with Crippen LogP contribution in [0.1, 0.15) is 37.7 Å². The molecule has 1 aliphatic carbocycles. The van der Waals surface area contributed by atoms with Crippen LogP contribution < -0.4 is 16.4 Å². The maximum Gasteiger partial charge on any atom is 0.312 e. The van der Waals surface area contributed by atoms with Gasteiger partial charge in [-0.05, 0) is 43.4 Å². The van der Waals surface area contributed by atoms with E-state index in [0.717, 1.165) is 24.8 Å². The molecule has 5 nitrogen and oxygen atoms in total. The number of carbonyl (C=O) groups is 2. The van der Waals surface area contributed by atoms with Gasteiger partial charge in [-0.1, -0.05) is 29.3 Å². The Morgan fingerprint density at radius 1 is 1.18 bits per heavy atom. The lowest BCUT2D eigenvalue weighted by Crippen LogP contribution is -2.35. The number of rotatable bonds is 7. The van der Waals surface area contributed by atoms with E-state index in [1.807, 2.05) is 12.1 Å². The average molecular weight is 344 g/mol. The van der Waals surface area contributed by atoms with Gasteiger partial charge < -0.3 is 16.4 Å². The first-order chi connectivity index (χ1) is 10.4. The van der Waals surface area contributed by atoms with Crippen molar-refractivity contribution in [2.45, 2.75) is 37.6 Å². The van der Waals surface area contributed by atoms with E-state index in [2.05, 4.69) is 10.6 Å². The standard InChI is InChI=1S/C15H19Cl2N3O2/c16-11-5-4-10(9-12(11)17)15(6-7-15)20-13(21)3-1-2-8-19-14(18)22/h4-5,9H,1-3,6-8H2,(H,20,21)(H3,18,19,22). The van der Waals surface area contributed by atoms with Gasteiger partial charge in [0, 0.05) is 13.0 Å². The van der Waals surface area contributed by atoms with Gasteiger partial charge in [0.25, 0.3) is 0 Å². The second-order valence-corrected chi connectivity index (χ2v) is 6.32. The Balaban J connectivity index is 1.80. The van der Waals surface area contributed by atoms with Crippen molar-refractivity contribution in [2.24, 2.45) is 5.73 Å². The van der Waals surface area contributed by atoms with Crippen LogP contribution in [0.2, 0.25) is 10.0 Å². The summed E-state index contributed by atoms with van der Waals surface area (Å²) in [6, 6.07) is 4.92. The lowest BCUT2D eigenvalue weighted by molar-refractivity contribution is -0.122. The zero-order chi connectivity index (χ0) is 16.2. The summed E-state index contributed by atoms with van der Waals surface area (Å²) in [6.07, 6.45) is 3.64. The molecule has 1 fully saturated rings. The van der Waals surface area contributed by atoms with Gasteiger partial charge in [-0.3, -0.25) is 4.79 Å². The summed E-state index contributed by atoms with van der Waals surface area (Å²) in [5, 5.41) is 6.58. The molecule has 0 bridgehead atoms. The highest BCUT2D eigenvalue weighted by atomic mass is 35.5. The third-order valence-corrected chi connectivity index (χ3v) is 4.47. The third-order valence-electron chi connectivity index (χ3n) is 3.73. The van der Waals surface area contributed by atoms with E-state index in [0.29, 0.717) is 29.4 Å². The minimum atomic E-state index is -0.541. The number of nitrogens with one attached hydrogen (secondary N) is 2. The van der Waals surface area contributed by atoms with Crippen LogP contribution in [-0.4, -0.2) is 18.5 Å². The Morgan fingerprint density at radius 3 is 2.50 bits per heavy atom. The Hall–Kier alpha value is -1.46. The summed E-state index contributed by atoms with van der Waals surface area (Å²) in [5.41, 5.74) is 5.66. The molecule has 0 spiro atoms. The summed E-state index contributed by atoms with van der Waals surface area (Å²) in [4.78, 5) is 22.6. The number of halogens is 2. The minimum absolute atomic E-state index is 0.00245. The molecule has 1 aliphatic rings. The number of amides is 3. The Morgan fingerprint density at radius 2 is 1.91 bits per heavy atom. The van der Waals surface area contributed by atoms with Gasteiger partial charge in [0.1, 0.15) is 0 Å². The first-order valence-electron chi connectivity index (χ1n) is 7.23. The average Bonchev–Trinajstić information content (AvgIpc) is 3.22. The summed E-state index contributed by atoms with van der Waals surface area (Å²) >= 11 is 12.0. The topological polar surface area (TPSA) is 84.2 Å². The van der Waals surface area contributed by atoms with E-state index in [1.165, 1.54) is 0 Å². The van der Waals surface area contributed by atoms with Crippen molar-refractivity contribution in [2.75, 3.05) is 6.54 Å². The molecule has 0 radical (unpaired) electrons. The molecular formula is C15H19Cl2N3O2. The molecule has 2 rings (SSSR count). The molecule has 120 valence electrons. The number of benzene rings is 1. The van der Waals surface area contributed by atoms with E-state index in [4.69, 9.17) is 28.9 Å². The van der Waals surface area contributed by atoms with Crippen molar-refractivity contribution in [1.29, 1.82) is 0 Å². The highest BCUT2D eigenvalue weighted by Gasteiger charge is 2.45. The lowest BCUT2D eigenvalue weighted by atomic mass is 10.0. The van der Waals surface area contributed by atoms with Crippen LogP contribution >= 0.6 is 23.2 Å². The zero-order valence-electron chi connectivity index (χ0n) is 12.1. The molecule has 0 aliphatic heterocycles. The number of carbonyl (C=O) groups excluding carboxylic acids is 2. The van der Waals surface area contributed by atoms with Crippen LogP contribution in [0.3, 0.4) is 0 Å². The van der Waals surface area contributed by atoms with E-state index in [-0.39, 0.29) is 11.4 Å². The fourth-order valence-electron chi connectivity index (χ4n) is 2.36. The molecular weight excluding hydrogens is 325 g/mol. The predicted molar refractivity (Wildman–Crippen MR) is 87.0 cm³/mol. The highest BCUT2D eigenvalue weighted by Crippen LogP contribution is 2.46. The Kier molecular flexibility index (Phi) is 5.53. The second kappa shape index (κ2) is 7.20. The maximum absolute atomic E-state index is 12.0. The molecule has 0 atom stereocenters. The van der Waals surface area contributed by atoms with Gasteiger partial charge in [0.05, 0.1) is 15.6 Å². The molecule has 0 heterocycles. The Labute approximate surface area is 139 Å². The Bertz CT molecular complexity index is 574. The third kappa shape index (κ3) is 4.52. The van der Waals surface area contributed by atoms with Gasteiger partial charge in [-0.2, -0.15) is 0 Å². The van der Waals surface area contributed by atoms with Gasteiger partial charge in [-0.25, -0.2) is 4.79 Å². The molecule has 0 saturated heterocycles. The largest absolute Gasteiger partial charge is 0.352 e. The van der Waals surface area contributed by atoms with Gasteiger partial charge in [0.15, 0.2) is 0 Å². The summed E-state index contributed by atoms with van der Waals surface area (Å²) in [5.74, 6) is 0.00245. The van der Waals surface area contributed by atoms with Gasteiger partial charge in [-0.15, -0.1) is 0 Å². The summed E-state index contributed by atoms with van der Waals surface area (Å²) in [6.45, 7) is 0.487. The van der Waals surface area contributed by atoms with Crippen LogP contribution in [0.5, 0.6) is 0 Å². The van der Waals surface area contributed by atoms with Crippen LogP contribution in [0.4, 0.5) is 4.79 Å². The van der Waals surface area contributed by atoms with E-state index in [9.17, 15) is 9.59 Å². The molecule has 1 saturated carbocycles. The van der Waals surface area contributed by atoms with Crippen LogP contribution in [0.25, 0.3) is 0 Å². The number of nitrogens with two attached hydrogens (primary N) is 1. The van der Waals surface area contributed by atoms with Crippen molar-refractivity contribution in [1.82, 2.24) is 10.6 Å². The van der Waals surface area contributed by atoms with E-state index in [1.54, 1.807) is 6.07 Å². The molecule has 1 aromatic carbocycles. The molecule has 1 aromatic rings. The first-order valence-corrected chi connectivity index (χ1v) is 7.98. The first kappa shape index (κ1) is 16.9. The van der Waals surface area contributed by atoms with Crippen molar-refractivity contribution in [3.05, 3.63) is 33.8 Å². The van der Waals surface area contributed by atoms with Gasteiger partial charge in [0.2, 0.25) is 5.91 Å². The van der Waals surface area contributed by atoms with Gasteiger partial charge >= 0.3 is 6.03 Å². The number of urea groups is 1. The number of hydrogen-bond acceptors (Lipinski definition) is 2. The smallest absolute Gasteiger partial charge is 0.312 e. The van der Waals surface area contributed by atoms with Crippen LogP contribution in [0, 0.1) is 0 Å². The molecule has 0 unspecified atom stereocenters. The number of hydrogen-bond donors (Lipinski definition) is 3. The summed E-state index contributed by atoms with van der Waals surface area (Å²) in [7, 11) is 0. The van der Waals surface area contributed by atoms with Crippen molar-refractivity contribution in [3.63, 3.8) is 0 Å². The minimum Gasteiger partial charge on any atom is -0.352 e. The van der Waals surface area contributed by atoms with Crippen molar-refractivity contribution in [3.8, 4) is 0 Å². The van der Waals surface area contributed by atoms with E-state index < -0.39 is 6.03 Å². The quantitative estimate of drug-likeness (QED) is 0.665. The normalized spacial score (nSPS) is 15.2. The lowest BCUT2D eigenvalue weighted by Gasteiger charge is -2.18. The maximum atomic E-state index is 12.0. The molecule has 3 amide bonds. The summed E-state index contributed by atoms with van der Waals surface area (Å²) < 4.78 is 0.